The van der Waals surface area contributed by atoms with Gasteiger partial charge < -0.3 is 10.0 Å². The lowest BCUT2D eigenvalue weighted by Gasteiger charge is -1.92. The van der Waals surface area contributed by atoms with Gasteiger partial charge in [0.05, 0.1) is 6.54 Å². The summed E-state index contributed by atoms with van der Waals surface area (Å²) >= 11 is 5.30. The van der Waals surface area contributed by atoms with Gasteiger partial charge in [-0.3, -0.25) is 4.68 Å². The molecule has 0 amide bonds. The third-order valence-corrected chi connectivity index (χ3v) is 1.51. The van der Waals surface area contributed by atoms with Gasteiger partial charge in [-0.2, -0.15) is 5.10 Å². The molecule has 0 saturated carbocycles. The molecule has 0 aliphatic carbocycles. The molecule has 1 aromatic heterocycles. The van der Waals surface area contributed by atoms with Crippen LogP contribution in [0.3, 0.4) is 0 Å². The monoisotopic (exact) mass is 186 g/mol. The van der Waals surface area contributed by atoms with Gasteiger partial charge in [0.1, 0.15) is 0 Å². The van der Waals surface area contributed by atoms with E-state index >= 15 is 0 Å². The number of hydrogen-bond acceptors (Lipinski definition) is 3. The van der Waals surface area contributed by atoms with Crippen LogP contribution in [0.5, 0.6) is 0 Å². The van der Waals surface area contributed by atoms with Crippen molar-refractivity contribution in [2.75, 3.05) is 0 Å². The van der Waals surface area contributed by atoms with Crippen LogP contribution in [0.15, 0.2) is 24.0 Å². The molecule has 12 heavy (non-hydrogen) atoms. The third kappa shape index (κ3) is 2.37. The van der Waals surface area contributed by atoms with Crippen molar-refractivity contribution in [3.8, 4) is 0 Å². The molecule has 0 unspecified atom stereocenters. The molecule has 1 rings (SSSR count). The molecule has 6 heteroatoms. The van der Waals surface area contributed by atoms with Gasteiger partial charge in [-0.05, 0) is 0 Å². The van der Waals surface area contributed by atoms with E-state index in [2.05, 4.69) is 5.10 Å². The summed E-state index contributed by atoms with van der Waals surface area (Å²) in [5.74, 6) is 0. The maximum absolute atomic E-state index is 8.72. The predicted octanol–water partition coefficient (Wildman–Crippen LogP) is -0.685. The Hall–Kier alpha value is -0.775. The summed E-state index contributed by atoms with van der Waals surface area (Å²) in [7, 11) is -1.46. The Morgan fingerprint density at radius 2 is 2.42 bits per heavy atom. The lowest BCUT2D eigenvalue weighted by Crippen LogP contribution is -2.28. The average Bonchev–Trinajstić information content (AvgIpc) is 2.48. The highest BCUT2D eigenvalue weighted by Crippen LogP contribution is 1.87. The molecular formula is C6H8BClN2O2. The molecule has 0 aliphatic heterocycles. The van der Waals surface area contributed by atoms with Gasteiger partial charge in [-0.1, -0.05) is 17.7 Å². The molecule has 64 valence electrons. The summed E-state index contributed by atoms with van der Waals surface area (Å²) in [5.41, 5.74) is 1.76. The van der Waals surface area contributed by atoms with E-state index in [1.54, 1.807) is 17.0 Å². The lowest BCUT2D eigenvalue weighted by molar-refractivity contribution is 0.425. The fraction of sp³-hybridized carbons (Fsp3) is 0.167. The Morgan fingerprint density at radius 1 is 1.67 bits per heavy atom. The highest BCUT2D eigenvalue weighted by atomic mass is 35.5. The second-order valence-corrected chi connectivity index (χ2v) is 2.48. The summed E-state index contributed by atoms with van der Waals surface area (Å²) in [5, 5.41) is 21.3. The maximum Gasteiger partial charge on any atom is 0.491 e. The number of aromatic nitrogens is 2. The number of hydrogen-bond donors (Lipinski definition) is 2. The highest BCUT2D eigenvalue weighted by Gasteiger charge is 2.12. The van der Waals surface area contributed by atoms with Crippen LogP contribution in [0.25, 0.3) is 0 Å². The van der Waals surface area contributed by atoms with Gasteiger partial charge in [0, 0.05) is 23.4 Å². The zero-order valence-corrected chi connectivity index (χ0v) is 7.02. The van der Waals surface area contributed by atoms with Crippen LogP contribution in [-0.4, -0.2) is 26.9 Å². The second-order valence-electron chi connectivity index (χ2n) is 2.23. The van der Waals surface area contributed by atoms with Crippen molar-refractivity contribution >= 4 is 24.2 Å². The molecule has 4 nitrogen and oxygen atoms in total. The zero-order chi connectivity index (χ0) is 8.97. The number of halogens is 1. The van der Waals surface area contributed by atoms with Gasteiger partial charge in [0.2, 0.25) is 0 Å². The lowest BCUT2D eigenvalue weighted by atomic mass is 9.83. The van der Waals surface area contributed by atoms with E-state index in [-0.39, 0.29) is 0 Å². The Kier molecular flexibility index (Phi) is 3.34. The molecule has 0 bridgehead atoms. The first-order valence-corrected chi connectivity index (χ1v) is 3.81. The van der Waals surface area contributed by atoms with E-state index in [0.717, 1.165) is 0 Å². The summed E-state index contributed by atoms with van der Waals surface area (Å²) in [4.78, 5) is 0. The van der Waals surface area contributed by atoms with E-state index in [9.17, 15) is 0 Å². The maximum atomic E-state index is 8.72. The Bertz CT molecular complexity index is 274. The fourth-order valence-corrected chi connectivity index (χ4v) is 0.840. The van der Waals surface area contributed by atoms with Crippen molar-refractivity contribution in [3.05, 3.63) is 24.0 Å². The Balaban J connectivity index is 2.64. The first-order valence-electron chi connectivity index (χ1n) is 3.37. The minimum absolute atomic E-state index is 0.373. The number of rotatable bonds is 3. The summed E-state index contributed by atoms with van der Waals surface area (Å²) < 4.78 is 1.55. The molecule has 0 atom stereocenters. The smallest absolute Gasteiger partial charge is 0.423 e. The van der Waals surface area contributed by atoms with E-state index in [0.29, 0.717) is 12.0 Å². The molecule has 0 fully saturated rings. The molecular weight excluding hydrogens is 178 g/mol. The van der Waals surface area contributed by atoms with Crippen molar-refractivity contribution in [2.24, 2.45) is 0 Å². The SMILES string of the molecule is OB(O)c1cnn(C/C=C/Cl)c1. The zero-order valence-electron chi connectivity index (χ0n) is 6.26. The van der Waals surface area contributed by atoms with E-state index < -0.39 is 7.12 Å². The van der Waals surface area contributed by atoms with Gasteiger partial charge >= 0.3 is 7.12 Å². The van der Waals surface area contributed by atoms with Crippen molar-refractivity contribution < 1.29 is 10.0 Å². The Labute approximate surface area is 75.2 Å². The quantitative estimate of drug-likeness (QED) is 0.615. The largest absolute Gasteiger partial charge is 0.491 e. The van der Waals surface area contributed by atoms with Gasteiger partial charge in [0.25, 0.3) is 0 Å². The summed E-state index contributed by atoms with van der Waals surface area (Å²) in [6.45, 7) is 0.524. The average molecular weight is 186 g/mol. The molecule has 0 aromatic carbocycles. The molecule has 0 aliphatic rings. The third-order valence-electron chi connectivity index (χ3n) is 1.33. The van der Waals surface area contributed by atoms with E-state index in [1.807, 2.05) is 0 Å². The highest BCUT2D eigenvalue weighted by molar-refractivity contribution is 6.58. The van der Waals surface area contributed by atoms with Crippen LogP contribution in [0.2, 0.25) is 0 Å². The van der Waals surface area contributed by atoms with E-state index in [1.165, 1.54) is 11.7 Å². The number of nitrogens with zero attached hydrogens (tertiary/aromatic N) is 2. The van der Waals surface area contributed by atoms with Crippen LogP contribution in [-0.2, 0) is 6.54 Å². The minimum atomic E-state index is -1.46. The number of allylic oxidation sites excluding steroid dienone is 1. The van der Waals surface area contributed by atoms with Gasteiger partial charge in [-0.15, -0.1) is 0 Å². The first kappa shape index (κ1) is 9.31. The van der Waals surface area contributed by atoms with Crippen molar-refractivity contribution in [3.63, 3.8) is 0 Å². The fourth-order valence-electron chi connectivity index (χ4n) is 0.761. The molecule has 1 heterocycles. The second kappa shape index (κ2) is 4.30. The normalized spacial score (nSPS) is 10.9. The van der Waals surface area contributed by atoms with Crippen molar-refractivity contribution in [1.82, 2.24) is 9.78 Å². The summed E-state index contributed by atoms with van der Waals surface area (Å²) in [6.07, 6.45) is 4.64. The van der Waals surface area contributed by atoms with Crippen LogP contribution < -0.4 is 5.46 Å². The van der Waals surface area contributed by atoms with Crippen LogP contribution in [0.4, 0.5) is 0 Å². The van der Waals surface area contributed by atoms with Gasteiger partial charge in [-0.25, -0.2) is 0 Å². The van der Waals surface area contributed by atoms with E-state index in [4.69, 9.17) is 21.6 Å². The molecule has 1 aromatic rings. The predicted molar refractivity (Wildman–Crippen MR) is 47.0 cm³/mol. The topological polar surface area (TPSA) is 58.3 Å². The van der Waals surface area contributed by atoms with Crippen molar-refractivity contribution in [2.45, 2.75) is 6.54 Å². The van der Waals surface area contributed by atoms with Crippen LogP contribution in [0, 0.1) is 0 Å². The van der Waals surface area contributed by atoms with Crippen molar-refractivity contribution in [1.29, 1.82) is 0 Å². The molecule has 2 N–H and O–H groups in total. The first-order chi connectivity index (χ1) is 5.74. The molecule has 0 radical (unpaired) electrons. The van der Waals surface area contributed by atoms with Crippen LogP contribution >= 0.6 is 11.6 Å². The Morgan fingerprint density at radius 3 is 2.92 bits per heavy atom. The van der Waals surface area contributed by atoms with Crippen LogP contribution in [0.1, 0.15) is 0 Å². The van der Waals surface area contributed by atoms with Gasteiger partial charge in [0.15, 0.2) is 0 Å². The minimum Gasteiger partial charge on any atom is -0.423 e. The summed E-state index contributed by atoms with van der Waals surface area (Å²) in [6, 6.07) is 0. The molecule has 0 saturated heterocycles. The standard InChI is InChI=1S/C6H8BClN2O2/c8-2-1-3-10-5-6(4-9-10)7(11)12/h1-2,4-5,11-12H,3H2/b2-1+. The molecule has 0 spiro atoms.